The van der Waals surface area contributed by atoms with Crippen LogP contribution in [0.3, 0.4) is 0 Å². The van der Waals surface area contributed by atoms with Crippen molar-refractivity contribution in [2.24, 2.45) is 0 Å². The highest BCUT2D eigenvalue weighted by molar-refractivity contribution is 5.50. The van der Waals surface area contributed by atoms with Gasteiger partial charge in [-0.05, 0) is 19.1 Å². The van der Waals surface area contributed by atoms with Crippen LogP contribution < -0.4 is 0 Å². The molecule has 0 aliphatic rings. The van der Waals surface area contributed by atoms with Crippen molar-refractivity contribution in [1.29, 1.82) is 0 Å². The molecule has 0 unspecified atom stereocenters. The third-order valence-electron chi connectivity index (χ3n) is 2.55. The Balaban J connectivity index is 1.99. The third kappa shape index (κ3) is 1.46. The van der Waals surface area contributed by atoms with Crippen molar-refractivity contribution in [3.05, 3.63) is 48.6 Å². The van der Waals surface area contributed by atoms with Gasteiger partial charge >= 0.3 is 0 Å². The monoisotopic (exact) mass is 213 g/mol. The molecule has 0 N–H and O–H groups in total. The molecule has 0 spiro atoms. The van der Waals surface area contributed by atoms with E-state index < -0.39 is 0 Å². The normalized spacial score (nSPS) is 11.1. The van der Waals surface area contributed by atoms with Gasteiger partial charge < -0.3 is 4.57 Å². The molecule has 5 heteroatoms. The van der Waals surface area contributed by atoms with E-state index in [1.165, 1.54) is 0 Å². The molecule has 3 rings (SSSR count). The molecule has 0 bridgehead atoms. The van der Waals surface area contributed by atoms with Crippen LogP contribution in [0.5, 0.6) is 0 Å². The maximum Gasteiger partial charge on any atom is 0.118 e. The molecular formula is C11H11N5. The molecule has 16 heavy (non-hydrogen) atoms. The molecule has 3 aromatic rings. The van der Waals surface area contributed by atoms with E-state index in [2.05, 4.69) is 15.1 Å². The zero-order valence-corrected chi connectivity index (χ0v) is 8.91. The first kappa shape index (κ1) is 9.08. The lowest BCUT2D eigenvalue weighted by Crippen LogP contribution is -2.02. The number of fused-ring (bicyclic) bond motifs is 1. The van der Waals surface area contributed by atoms with E-state index in [0.29, 0.717) is 0 Å². The van der Waals surface area contributed by atoms with Gasteiger partial charge in [0.15, 0.2) is 0 Å². The fourth-order valence-corrected chi connectivity index (χ4v) is 1.71. The van der Waals surface area contributed by atoms with Gasteiger partial charge in [-0.3, -0.25) is 0 Å². The maximum atomic E-state index is 4.48. The summed E-state index contributed by atoms with van der Waals surface area (Å²) in [5.41, 5.74) is 3.04. The van der Waals surface area contributed by atoms with Crippen LogP contribution in [0, 0.1) is 6.92 Å². The smallest absolute Gasteiger partial charge is 0.118 e. The van der Waals surface area contributed by atoms with Gasteiger partial charge in [-0.15, -0.1) is 0 Å². The van der Waals surface area contributed by atoms with E-state index in [9.17, 15) is 0 Å². The lowest BCUT2D eigenvalue weighted by Gasteiger charge is -2.02. The third-order valence-corrected chi connectivity index (χ3v) is 2.55. The van der Waals surface area contributed by atoms with E-state index in [0.717, 1.165) is 23.4 Å². The minimum absolute atomic E-state index is 0.729. The van der Waals surface area contributed by atoms with Gasteiger partial charge in [0.25, 0.3) is 0 Å². The summed E-state index contributed by atoms with van der Waals surface area (Å²) in [6.45, 7) is 2.71. The molecule has 80 valence electrons. The predicted molar refractivity (Wildman–Crippen MR) is 59.1 cm³/mol. The summed E-state index contributed by atoms with van der Waals surface area (Å²) in [7, 11) is 0. The van der Waals surface area contributed by atoms with Crippen LogP contribution in [0.15, 0.2) is 37.2 Å². The summed E-state index contributed by atoms with van der Waals surface area (Å²) in [6.07, 6.45) is 7.21. The van der Waals surface area contributed by atoms with E-state index in [4.69, 9.17) is 0 Å². The van der Waals surface area contributed by atoms with Gasteiger partial charge in [0.05, 0.1) is 29.8 Å². The number of nitrogens with zero attached hydrogens (tertiary/aromatic N) is 5. The Morgan fingerprint density at radius 1 is 1.25 bits per heavy atom. The van der Waals surface area contributed by atoms with E-state index in [-0.39, 0.29) is 0 Å². The number of hydrogen-bond acceptors (Lipinski definition) is 3. The first-order valence-corrected chi connectivity index (χ1v) is 5.08. The molecule has 0 atom stereocenters. The summed E-state index contributed by atoms with van der Waals surface area (Å²) in [5.74, 6) is 0. The highest BCUT2D eigenvalue weighted by Crippen LogP contribution is 2.08. The average molecular weight is 213 g/mol. The largest absolute Gasteiger partial charge is 0.331 e. The standard InChI is InChI=1S/C11H11N5/c1-9-11-3-2-10(14-16(11)8-13-9)6-15-5-4-12-7-15/h2-5,7-8H,6H2,1H3. The number of imidazole rings is 2. The van der Waals surface area contributed by atoms with Gasteiger partial charge in [0.2, 0.25) is 0 Å². The molecule has 5 nitrogen and oxygen atoms in total. The number of hydrogen-bond donors (Lipinski definition) is 0. The quantitative estimate of drug-likeness (QED) is 0.644. The van der Waals surface area contributed by atoms with Crippen LogP contribution in [-0.4, -0.2) is 24.1 Å². The highest BCUT2D eigenvalue weighted by Gasteiger charge is 2.02. The minimum Gasteiger partial charge on any atom is -0.331 e. The second-order valence-electron chi connectivity index (χ2n) is 3.72. The molecule has 0 radical (unpaired) electrons. The van der Waals surface area contributed by atoms with Crippen LogP contribution in [0.25, 0.3) is 5.52 Å². The van der Waals surface area contributed by atoms with Crippen molar-refractivity contribution < 1.29 is 0 Å². The first-order valence-electron chi connectivity index (χ1n) is 5.08. The van der Waals surface area contributed by atoms with Gasteiger partial charge in [-0.25, -0.2) is 14.5 Å². The second kappa shape index (κ2) is 3.44. The van der Waals surface area contributed by atoms with Crippen molar-refractivity contribution >= 4 is 5.52 Å². The zero-order valence-electron chi connectivity index (χ0n) is 8.91. The Labute approximate surface area is 92.4 Å². The lowest BCUT2D eigenvalue weighted by atomic mass is 10.3. The zero-order chi connectivity index (χ0) is 11.0. The van der Waals surface area contributed by atoms with Crippen molar-refractivity contribution in [3.63, 3.8) is 0 Å². The van der Waals surface area contributed by atoms with Gasteiger partial charge in [0.1, 0.15) is 6.33 Å². The van der Waals surface area contributed by atoms with Crippen LogP contribution >= 0.6 is 0 Å². The molecule has 0 aliphatic carbocycles. The predicted octanol–water partition coefficient (Wildman–Crippen LogP) is 1.28. The van der Waals surface area contributed by atoms with Gasteiger partial charge in [-0.1, -0.05) is 0 Å². The Morgan fingerprint density at radius 2 is 2.19 bits per heavy atom. The molecule has 0 fully saturated rings. The van der Waals surface area contributed by atoms with Crippen LogP contribution in [0.4, 0.5) is 0 Å². The van der Waals surface area contributed by atoms with Gasteiger partial charge in [-0.2, -0.15) is 5.10 Å². The van der Waals surface area contributed by atoms with Crippen LogP contribution in [0.2, 0.25) is 0 Å². The summed E-state index contributed by atoms with van der Waals surface area (Å²) in [6, 6.07) is 4.06. The summed E-state index contributed by atoms with van der Waals surface area (Å²) in [4.78, 5) is 8.22. The van der Waals surface area contributed by atoms with Gasteiger partial charge in [0, 0.05) is 12.4 Å². The fraction of sp³-hybridized carbons (Fsp3) is 0.182. The molecular weight excluding hydrogens is 202 g/mol. The summed E-state index contributed by atoms with van der Waals surface area (Å²) < 4.78 is 3.79. The van der Waals surface area contributed by atoms with Crippen molar-refractivity contribution in [2.75, 3.05) is 0 Å². The Kier molecular flexibility index (Phi) is 1.96. The summed E-state index contributed by atoms with van der Waals surface area (Å²) in [5, 5.41) is 4.48. The Hall–Kier alpha value is -2.17. The Bertz CT molecular complexity index is 608. The van der Waals surface area contributed by atoms with E-state index >= 15 is 0 Å². The molecule has 0 saturated heterocycles. The van der Waals surface area contributed by atoms with Crippen molar-refractivity contribution in [1.82, 2.24) is 24.1 Å². The fourth-order valence-electron chi connectivity index (χ4n) is 1.71. The number of rotatable bonds is 2. The van der Waals surface area contributed by atoms with Crippen molar-refractivity contribution in [3.8, 4) is 0 Å². The maximum absolute atomic E-state index is 4.48. The molecule has 3 aromatic heterocycles. The van der Waals surface area contributed by atoms with E-state index in [1.807, 2.05) is 34.3 Å². The molecule has 0 aromatic carbocycles. The Morgan fingerprint density at radius 3 is 3.00 bits per heavy atom. The summed E-state index contributed by atoms with van der Waals surface area (Å²) >= 11 is 0. The van der Waals surface area contributed by atoms with Crippen LogP contribution in [0.1, 0.15) is 11.4 Å². The second-order valence-corrected chi connectivity index (χ2v) is 3.72. The van der Waals surface area contributed by atoms with Crippen LogP contribution in [-0.2, 0) is 6.54 Å². The SMILES string of the molecule is Cc1ncn2nc(Cn3ccnc3)ccc12. The number of aryl methyl sites for hydroxylation is 1. The molecule has 3 heterocycles. The van der Waals surface area contributed by atoms with E-state index in [1.54, 1.807) is 18.9 Å². The van der Waals surface area contributed by atoms with Crippen molar-refractivity contribution in [2.45, 2.75) is 13.5 Å². The first-order chi connectivity index (χ1) is 7.83. The highest BCUT2D eigenvalue weighted by atomic mass is 15.3. The topological polar surface area (TPSA) is 48.0 Å². The minimum atomic E-state index is 0.729. The lowest BCUT2D eigenvalue weighted by molar-refractivity contribution is 0.738. The molecule has 0 amide bonds. The average Bonchev–Trinajstić information content (AvgIpc) is 2.90. The molecule has 0 saturated carbocycles. The number of aromatic nitrogens is 5. The molecule has 0 aliphatic heterocycles.